The fourth-order valence-corrected chi connectivity index (χ4v) is 4.35. The minimum absolute atomic E-state index is 0.223. The van der Waals surface area contributed by atoms with Gasteiger partial charge in [-0.2, -0.15) is 0 Å². The van der Waals surface area contributed by atoms with Crippen LogP contribution in [0.5, 0.6) is 0 Å². The molecule has 0 aromatic carbocycles. The number of amides is 1. The van der Waals surface area contributed by atoms with Crippen LogP contribution >= 0.6 is 0 Å². The van der Waals surface area contributed by atoms with Crippen molar-refractivity contribution in [2.75, 3.05) is 19.8 Å². The Hall–Kier alpha value is -0.610. The van der Waals surface area contributed by atoms with Crippen LogP contribution in [0.25, 0.3) is 0 Å². The van der Waals surface area contributed by atoms with Gasteiger partial charge in [-0.3, -0.25) is 10.1 Å². The molecule has 1 aliphatic heterocycles. The maximum Gasteiger partial charge on any atom is 0.244 e. The third-order valence-electron chi connectivity index (χ3n) is 5.41. The van der Waals surface area contributed by atoms with Gasteiger partial charge in [-0.15, -0.1) is 0 Å². The smallest absolute Gasteiger partial charge is 0.244 e. The number of ether oxygens (including phenoxy) is 1. The van der Waals surface area contributed by atoms with Crippen molar-refractivity contribution in [2.45, 2.75) is 70.0 Å². The predicted octanol–water partition coefficient (Wildman–Crippen LogP) is 2.28. The van der Waals surface area contributed by atoms with Crippen molar-refractivity contribution >= 4 is 5.91 Å². The second-order valence-corrected chi connectivity index (χ2v) is 6.62. The van der Waals surface area contributed by atoms with E-state index in [0.717, 1.165) is 26.0 Å². The molecule has 3 fully saturated rings. The lowest BCUT2D eigenvalue weighted by molar-refractivity contribution is -0.134. The van der Waals surface area contributed by atoms with Crippen LogP contribution in [0.2, 0.25) is 0 Å². The normalized spacial score (nSPS) is 29.9. The van der Waals surface area contributed by atoms with Gasteiger partial charge in [-0.05, 0) is 38.5 Å². The van der Waals surface area contributed by atoms with Gasteiger partial charge < -0.3 is 9.64 Å². The summed E-state index contributed by atoms with van der Waals surface area (Å²) in [6, 6.07) is 0. The third-order valence-corrected chi connectivity index (χ3v) is 5.41. The van der Waals surface area contributed by atoms with Gasteiger partial charge in [-0.25, -0.2) is 0 Å². The zero-order valence-corrected chi connectivity index (χ0v) is 12.7. The van der Waals surface area contributed by atoms with E-state index in [-0.39, 0.29) is 11.7 Å². The zero-order valence-electron chi connectivity index (χ0n) is 12.7. The van der Waals surface area contributed by atoms with Crippen molar-refractivity contribution in [3.8, 4) is 0 Å². The Bertz CT molecular complexity index is 346. The van der Waals surface area contributed by atoms with Crippen LogP contribution in [0.4, 0.5) is 0 Å². The lowest BCUT2D eigenvalue weighted by Crippen LogP contribution is -2.46. The summed E-state index contributed by atoms with van der Waals surface area (Å²) in [5.74, 6) is 1.01. The van der Waals surface area contributed by atoms with Crippen LogP contribution in [-0.4, -0.2) is 42.3 Å². The van der Waals surface area contributed by atoms with E-state index in [1.54, 1.807) is 0 Å². The number of hydrogen-bond acceptors (Lipinski definition) is 3. The number of rotatable bonds is 5. The fraction of sp³-hybridized carbons (Fsp3) is 0.938. The molecule has 1 atom stereocenters. The lowest BCUT2D eigenvalue weighted by Gasteiger charge is -2.28. The van der Waals surface area contributed by atoms with Crippen LogP contribution in [0, 0.1) is 5.92 Å². The van der Waals surface area contributed by atoms with Crippen molar-refractivity contribution < 1.29 is 9.53 Å². The van der Waals surface area contributed by atoms with Crippen molar-refractivity contribution in [1.82, 2.24) is 10.2 Å². The number of nitrogens with one attached hydrogen (secondary N) is 1. The first-order chi connectivity index (χ1) is 9.77. The molecule has 2 saturated carbocycles. The SMILES string of the molecule is CCOCCN1C(=O)C2(CCCC2)NC1C1CCCC1. The molecule has 1 unspecified atom stereocenters. The van der Waals surface area contributed by atoms with E-state index < -0.39 is 0 Å². The molecule has 20 heavy (non-hydrogen) atoms. The number of hydrogen-bond donors (Lipinski definition) is 1. The first-order valence-electron chi connectivity index (χ1n) is 8.43. The minimum Gasteiger partial charge on any atom is -0.380 e. The molecule has 114 valence electrons. The molecular formula is C16H28N2O2. The Morgan fingerprint density at radius 1 is 1.25 bits per heavy atom. The number of carbonyl (C=O) groups is 1. The standard InChI is InChI=1S/C16H28N2O2/c1-2-20-12-11-18-14(13-7-3-4-8-13)17-16(15(18)19)9-5-6-10-16/h13-14,17H,2-12H2,1H3. The van der Waals surface area contributed by atoms with E-state index in [1.807, 2.05) is 6.92 Å². The second kappa shape index (κ2) is 6.02. The summed E-state index contributed by atoms with van der Waals surface area (Å²) in [5, 5.41) is 3.76. The van der Waals surface area contributed by atoms with Gasteiger partial charge in [0, 0.05) is 13.2 Å². The number of nitrogens with zero attached hydrogens (tertiary/aromatic N) is 1. The molecule has 1 spiro atoms. The van der Waals surface area contributed by atoms with Crippen LogP contribution < -0.4 is 5.32 Å². The van der Waals surface area contributed by atoms with Gasteiger partial charge in [0.15, 0.2) is 0 Å². The predicted molar refractivity (Wildman–Crippen MR) is 78.3 cm³/mol. The summed E-state index contributed by atoms with van der Waals surface area (Å²) in [5.41, 5.74) is -0.223. The Morgan fingerprint density at radius 2 is 1.95 bits per heavy atom. The van der Waals surface area contributed by atoms with Gasteiger partial charge in [0.25, 0.3) is 0 Å². The van der Waals surface area contributed by atoms with E-state index >= 15 is 0 Å². The largest absolute Gasteiger partial charge is 0.380 e. The van der Waals surface area contributed by atoms with Crippen LogP contribution in [0.15, 0.2) is 0 Å². The van der Waals surface area contributed by atoms with Crippen molar-refractivity contribution in [1.29, 1.82) is 0 Å². The molecule has 3 aliphatic rings. The highest BCUT2D eigenvalue weighted by molar-refractivity contribution is 5.89. The highest BCUT2D eigenvalue weighted by Gasteiger charge is 2.53. The summed E-state index contributed by atoms with van der Waals surface area (Å²) in [6.07, 6.45) is 9.89. The van der Waals surface area contributed by atoms with Gasteiger partial charge in [0.1, 0.15) is 0 Å². The maximum absolute atomic E-state index is 12.9. The molecule has 1 N–H and O–H groups in total. The summed E-state index contributed by atoms with van der Waals surface area (Å²) in [4.78, 5) is 15.0. The first-order valence-corrected chi connectivity index (χ1v) is 8.43. The molecule has 2 aliphatic carbocycles. The Labute approximate surface area is 122 Å². The molecule has 1 saturated heterocycles. The zero-order chi connectivity index (χ0) is 14.0. The molecule has 1 amide bonds. The minimum atomic E-state index is -0.223. The average Bonchev–Trinajstić information content (AvgIpc) is 3.16. The van der Waals surface area contributed by atoms with E-state index in [1.165, 1.54) is 38.5 Å². The van der Waals surface area contributed by atoms with Gasteiger partial charge in [0.05, 0.1) is 18.3 Å². The molecule has 0 aromatic rings. The molecule has 0 aromatic heterocycles. The maximum atomic E-state index is 12.9. The molecule has 4 nitrogen and oxygen atoms in total. The van der Waals surface area contributed by atoms with E-state index in [9.17, 15) is 4.79 Å². The van der Waals surface area contributed by atoms with Gasteiger partial charge in [-0.1, -0.05) is 25.7 Å². The van der Waals surface area contributed by atoms with Gasteiger partial charge in [0.2, 0.25) is 5.91 Å². The molecule has 4 heteroatoms. The second-order valence-electron chi connectivity index (χ2n) is 6.62. The highest BCUT2D eigenvalue weighted by atomic mass is 16.5. The molecule has 0 bridgehead atoms. The summed E-state index contributed by atoms with van der Waals surface area (Å²) >= 11 is 0. The first kappa shape index (κ1) is 14.3. The molecule has 1 heterocycles. The molecular weight excluding hydrogens is 252 g/mol. The Kier molecular flexibility index (Phi) is 4.32. The Morgan fingerprint density at radius 3 is 2.60 bits per heavy atom. The topological polar surface area (TPSA) is 41.6 Å². The fourth-order valence-electron chi connectivity index (χ4n) is 4.35. The van der Waals surface area contributed by atoms with Crippen LogP contribution in [0.1, 0.15) is 58.3 Å². The average molecular weight is 280 g/mol. The summed E-state index contributed by atoms with van der Waals surface area (Å²) < 4.78 is 5.48. The van der Waals surface area contributed by atoms with E-state index in [4.69, 9.17) is 4.74 Å². The Balaban J connectivity index is 1.73. The van der Waals surface area contributed by atoms with Crippen molar-refractivity contribution in [3.63, 3.8) is 0 Å². The van der Waals surface area contributed by atoms with Crippen LogP contribution in [-0.2, 0) is 9.53 Å². The highest BCUT2D eigenvalue weighted by Crippen LogP contribution is 2.40. The molecule has 0 radical (unpaired) electrons. The van der Waals surface area contributed by atoms with Crippen molar-refractivity contribution in [2.24, 2.45) is 5.92 Å². The number of carbonyl (C=O) groups excluding carboxylic acids is 1. The van der Waals surface area contributed by atoms with Crippen molar-refractivity contribution in [3.05, 3.63) is 0 Å². The monoisotopic (exact) mass is 280 g/mol. The van der Waals surface area contributed by atoms with Gasteiger partial charge >= 0.3 is 0 Å². The summed E-state index contributed by atoms with van der Waals surface area (Å²) in [7, 11) is 0. The summed E-state index contributed by atoms with van der Waals surface area (Å²) in [6.45, 7) is 4.16. The van der Waals surface area contributed by atoms with Crippen LogP contribution in [0.3, 0.4) is 0 Å². The van der Waals surface area contributed by atoms with E-state index in [2.05, 4.69) is 10.2 Å². The quantitative estimate of drug-likeness (QED) is 0.786. The lowest BCUT2D eigenvalue weighted by atomic mass is 9.97. The molecule has 3 rings (SSSR count). The van der Waals surface area contributed by atoms with E-state index in [0.29, 0.717) is 18.4 Å². The third kappa shape index (κ3) is 2.48.